The van der Waals surface area contributed by atoms with Crippen LogP contribution in [-0.4, -0.2) is 22.6 Å². The third-order valence-corrected chi connectivity index (χ3v) is 2.93. The highest BCUT2D eigenvalue weighted by molar-refractivity contribution is 7.89. The molecule has 0 aliphatic carbocycles. The summed E-state index contributed by atoms with van der Waals surface area (Å²) in [5.41, 5.74) is 6.19. The molecule has 0 aliphatic heterocycles. The molecule has 6 nitrogen and oxygen atoms in total. The molecule has 1 rings (SSSR count). The van der Waals surface area contributed by atoms with Gasteiger partial charge < -0.3 is 5.73 Å². The fourth-order valence-corrected chi connectivity index (χ4v) is 1.83. The van der Waals surface area contributed by atoms with E-state index < -0.39 is 10.0 Å². The molecular weight excluding hydrogens is 218 g/mol. The first-order valence-electron chi connectivity index (χ1n) is 4.07. The molecule has 0 radical (unpaired) electrons. The first-order valence-corrected chi connectivity index (χ1v) is 5.61. The monoisotopic (exact) mass is 231 g/mol. The van der Waals surface area contributed by atoms with Crippen LogP contribution in [0.4, 0.5) is 11.4 Å². The number of hydroxylamine groups is 1. The lowest BCUT2D eigenvalue weighted by Crippen LogP contribution is -2.19. The van der Waals surface area contributed by atoms with Gasteiger partial charge in [-0.15, -0.1) is 0 Å². The SMILES string of the molecule is CON(C)c1cccc(S(N)(=O)=O)c1N. The number of hydrogen-bond donors (Lipinski definition) is 2. The van der Waals surface area contributed by atoms with Crippen molar-refractivity contribution in [1.82, 2.24) is 0 Å². The summed E-state index contributed by atoms with van der Waals surface area (Å²) >= 11 is 0. The van der Waals surface area contributed by atoms with Crippen molar-refractivity contribution in [2.24, 2.45) is 5.14 Å². The molecular formula is C8H13N3O3S. The van der Waals surface area contributed by atoms with Gasteiger partial charge in [-0.25, -0.2) is 13.6 Å². The van der Waals surface area contributed by atoms with Gasteiger partial charge in [0.15, 0.2) is 0 Å². The average Bonchev–Trinajstić information content (AvgIpc) is 2.15. The number of primary sulfonamides is 1. The summed E-state index contributed by atoms with van der Waals surface area (Å²) < 4.78 is 22.3. The molecule has 7 heteroatoms. The minimum atomic E-state index is -3.80. The Kier molecular flexibility index (Phi) is 3.18. The standard InChI is InChI=1S/C8H13N3O3S/c1-11(14-2)6-4-3-5-7(8(6)9)15(10,12)13/h3-5H,9H2,1-2H3,(H2,10,12,13). The lowest BCUT2D eigenvalue weighted by Gasteiger charge is -2.18. The van der Waals surface area contributed by atoms with E-state index in [2.05, 4.69) is 0 Å². The molecule has 0 unspecified atom stereocenters. The lowest BCUT2D eigenvalue weighted by atomic mass is 10.3. The highest BCUT2D eigenvalue weighted by atomic mass is 32.2. The number of hydrogen-bond acceptors (Lipinski definition) is 5. The molecule has 0 fully saturated rings. The van der Waals surface area contributed by atoms with Gasteiger partial charge in [0.2, 0.25) is 10.0 Å². The van der Waals surface area contributed by atoms with Crippen molar-refractivity contribution in [3.8, 4) is 0 Å². The lowest BCUT2D eigenvalue weighted by molar-refractivity contribution is 0.185. The number of nitrogens with two attached hydrogens (primary N) is 2. The zero-order valence-corrected chi connectivity index (χ0v) is 9.28. The quantitative estimate of drug-likeness (QED) is 0.559. The van der Waals surface area contributed by atoms with E-state index in [1.165, 1.54) is 18.2 Å². The number of para-hydroxylation sites is 1. The van der Waals surface area contributed by atoms with E-state index in [-0.39, 0.29) is 10.6 Å². The van der Waals surface area contributed by atoms with Crippen LogP contribution in [0.1, 0.15) is 0 Å². The van der Waals surface area contributed by atoms with Gasteiger partial charge in [0, 0.05) is 7.05 Å². The fraction of sp³-hybridized carbons (Fsp3) is 0.250. The number of benzene rings is 1. The van der Waals surface area contributed by atoms with Crippen LogP contribution < -0.4 is 15.9 Å². The third-order valence-electron chi connectivity index (χ3n) is 1.96. The summed E-state index contributed by atoms with van der Waals surface area (Å²) in [5, 5.41) is 6.35. The van der Waals surface area contributed by atoms with Gasteiger partial charge in [-0.05, 0) is 12.1 Å². The largest absolute Gasteiger partial charge is 0.396 e. The highest BCUT2D eigenvalue weighted by Gasteiger charge is 2.16. The summed E-state index contributed by atoms with van der Waals surface area (Å²) in [5.74, 6) is 0. The average molecular weight is 231 g/mol. The normalized spacial score (nSPS) is 11.4. The van der Waals surface area contributed by atoms with Crippen molar-refractivity contribution < 1.29 is 13.3 Å². The first kappa shape index (κ1) is 11.8. The molecule has 84 valence electrons. The van der Waals surface area contributed by atoms with Crippen LogP contribution in [0.3, 0.4) is 0 Å². The predicted molar refractivity (Wildman–Crippen MR) is 57.6 cm³/mol. The summed E-state index contributed by atoms with van der Waals surface area (Å²) in [6, 6.07) is 4.52. The van der Waals surface area contributed by atoms with E-state index in [1.807, 2.05) is 0 Å². The van der Waals surface area contributed by atoms with E-state index in [4.69, 9.17) is 15.7 Å². The summed E-state index contributed by atoms with van der Waals surface area (Å²) in [7, 11) is -0.748. The van der Waals surface area contributed by atoms with Crippen molar-refractivity contribution in [3.05, 3.63) is 18.2 Å². The number of nitrogen functional groups attached to an aromatic ring is 1. The van der Waals surface area contributed by atoms with Gasteiger partial charge >= 0.3 is 0 Å². The molecule has 0 heterocycles. The van der Waals surface area contributed by atoms with E-state index >= 15 is 0 Å². The van der Waals surface area contributed by atoms with Crippen molar-refractivity contribution in [2.75, 3.05) is 25.0 Å². The molecule has 0 bridgehead atoms. The Labute approximate surface area is 88.4 Å². The molecule has 0 aromatic heterocycles. The van der Waals surface area contributed by atoms with Gasteiger partial charge in [-0.3, -0.25) is 9.90 Å². The second kappa shape index (κ2) is 4.05. The Morgan fingerprint density at radius 1 is 1.40 bits per heavy atom. The van der Waals surface area contributed by atoms with E-state index in [0.29, 0.717) is 5.69 Å². The van der Waals surface area contributed by atoms with Gasteiger partial charge in [-0.2, -0.15) is 0 Å². The maximum atomic E-state index is 11.2. The molecule has 0 amide bonds. The molecule has 0 atom stereocenters. The molecule has 15 heavy (non-hydrogen) atoms. The second-order valence-corrected chi connectivity index (χ2v) is 4.44. The van der Waals surface area contributed by atoms with Gasteiger partial charge in [0.25, 0.3) is 0 Å². The first-order chi connectivity index (χ1) is 6.88. The second-order valence-electron chi connectivity index (χ2n) is 2.91. The number of anilines is 2. The molecule has 0 saturated carbocycles. The Bertz CT molecular complexity index is 458. The minimum Gasteiger partial charge on any atom is -0.396 e. The fourth-order valence-electron chi connectivity index (χ4n) is 1.15. The molecule has 1 aromatic rings. The molecule has 0 aliphatic rings. The van der Waals surface area contributed by atoms with Crippen molar-refractivity contribution in [2.45, 2.75) is 4.90 Å². The smallest absolute Gasteiger partial charge is 0.240 e. The maximum absolute atomic E-state index is 11.2. The van der Waals surface area contributed by atoms with Crippen LogP contribution in [0.25, 0.3) is 0 Å². The molecule has 4 N–H and O–H groups in total. The molecule has 0 spiro atoms. The highest BCUT2D eigenvalue weighted by Crippen LogP contribution is 2.28. The Morgan fingerprint density at radius 3 is 2.47 bits per heavy atom. The van der Waals surface area contributed by atoms with Crippen molar-refractivity contribution >= 4 is 21.4 Å². The Hall–Kier alpha value is -1.31. The Balaban J connectivity index is 3.36. The van der Waals surface area contributed by atoms with Gasteiger partial charge in [0.05, 0.1) is 18.5 Å². The number of rotatable bonds is 3. The summed E-state index contributed by atoms with van der Waals surface area (Å²) in [4.78, 5) is 4.79. The maximum Gasteiger partial charge on any atom is 0.240 e. The number of sulfonamides is 1. The van der Waals surface area contributed by atoms with E-state index in [9.17, 15) is 8.42 Å². The van der Waals surface area contributed by atoms with Crippen LogP contribution >= 0.6 is 0 Å². The zero-order valence-electron chi connectivity index (χ0n) is 8.47. The van der Waals surface area contributed by atoms with Crippen LogP contribution in [0.5, 0.6) is 0 Å². The van der Waals surface area contributed by atoms with Crippen LogP contribution in [0, 0.1) is 0 Å². The molecule has 0 saturated heterocycles. The minimum absolute atomic E-state index is 0.0735. The van der Waals surface area contributed by atoms with E-state index in [0.717, 1.165) is 0 Å². The third kappa shape index (κ3) is 2.38. The summed E-state index contributed by atoms with van der Waals surface area (Å²) in [6.07, 6.45) is 0. The predicted octanol–water partition coefficient (Wildman–Crippen LogP) is -0.0862. The Morgan fingerprint density at radius 2 is 2.00 bits per heavy atom. The van der Waals surface area contributed by atoms with Gasteiger partial charge in [-0.1, -0.05) is 6.07 Å². The van der Waals surface area contributed by atoms with Crippen LogP contribution in [0.15, 0.2) is 23.1 Å². The van der Waals surface area contributed by atoms with Crippen molar-refractivity contribution in [1.29, 1.82) is 0 Å². The number of nitrogens with zero attached hydrogens (tertiary/aromatic N) is 1. The van der Waals surface area contributed by atoms with Crippen molar-refractivity contribution in [3.63, 3.8) is 0 Å². The zero-order chi connectivity index (χ0) is 11.6. The summed E-state index contributed by atoms with van der Waals surface area (Å²) in [6.45, 7) is 0. The van der Waals surface area contributed by atoms with Crippen LogP contribution in [-0.2, 0) is 14.9 Å². The topological polar surface area (TPSA) is 98.6 Å². The van der Waals surface area contributed by atoms with Crippen LogP contribution in [0.2, 0.25) is 0 Å². The van der Waals surface area contributed by atoms with E-state index in [1.54, 1.807) is 19.2 Å². The van der Waals surface area contributed by atoms with Gasteiger partial charge in [0.1, 0.15) is 4.90 Å². The molecule has 1 aromatic carbocycles.